The number of benzene rings is 1. The fourth-order valence-corrected chi connectivity index (χ4v) is 1.46. The van der Waals surface area contributed by atoms with E-state index in [2.05, 4.69) is 10.6 Å². The van der Waals surface area contributed by atoms with Crippen molar-refractivity contribution in [3.05, 3.63) is 28.8 Å². The van der Waals surface area contributed by atoms with E-state index in [0.717, 1.165) is 11.3 Å². The quantitative estimate of drug-likeness (QED) is 0.835. The topological polar surface area (TPSA) is 41.1 Å². The van der Waals surface area contributed by atoms with Crippen LogP contribution in [0.5, 0.6) is 0 Å². The predicted molar refractivity (Wildman–Crippen MR) is 68.0 cm³/mol. The third kappa shape index (κ3) is 4.11. The summed E-state index contributed by atoms with van der Waals surface area (Å²) in [6.07, 6.45) is 0. The van der Waals surface area contributed by atoms with Crippen molar-refractivity contribution in [3.63, 3.8) is 0 Å². The number of halogens is 1. The van der Waals surface area contributed by atoms with E-state index < -0.39 is 0 Å². The van der Waals surface area contributed by atoms with E-state index in [1.165, 1.54) is 0 Å². The molecule has 1 rings (SSSR count). The number of urea groups is 1. The molecule has 0 aromatic heterocycles. The highest BCUT2D eigenvalue weighted by Gasteiger charge is 2.04. The largest absolute Gasteiger partial charge is 0.338 e. The monoisotopic (exact) mass is 240 g/mol. The van der Waals surface area contributed by atoms with E-state index in [-0.39, 0.29) is 6.03 Å². The van der Waals surface area contributed by atoms with Crippen LogP contribution in [0.4, 0.5) is 10.5 Å². The molecule has 88 valence electrons. The normalized spacial score (nSPS) is 10.3. The maximum Gasteiger partial charge on any atom is 0.319 e. The van der Waals surface area contributed by atoms with Crippen LogP contribution in [0.3, 0.4) is 0 Å². The number of rotatable bonds is 3. The van der Waals surface area contributed by atoms with Crippen LogP contribution in [-0.2, 0) is 0 Å². The number of hydrogen-bond donors (Lipinski definition) is 2. The van der Waals surface area contributed by atoms with Crippen LogP contribution in [0, 0.1) is 12.8 Å². The Morgan fingerprint density at radius 1 is 1.44 bits per heavy atom. The van der Waals surface area contributed by atoms with Crippen LogP contribution in [-0.4, -0.2) is 12.6 Å². The van der Waals surface area contributed by atoms with E-state index in [9.17, 15) is 4.79 Å². The molecule has 1 aromatic rings. The summed E-state index contributed by atoms with van der Waals surface area (Å²) < 4.78 is 0. The van der Waals surface area contributed by atoms with E-state index >= 15 is 0 Å². The number of carbonyl (C=O) groups excluding carboxylic acids is 1. The minimum atomic E-state index is -0.181. The van der Waals surface area contributed by atoms with Gasteiger partial charge in [-0.25, -0.2) is 4.79 Å². The maximum absolute atomic E-state index is 11.5. The Hall–Kier alpha value is -1.22. The molecular weight excluding hydrogens is 224 g/mol. The van der Waals surface area contributed by atoms with Gasteiger partial charge in [-0.2, -0.15) is 0 Å². The number of carbonyl (C=O) groups is 1. The Kier molecular flexibility index (Phi) is 4.62. The van der Waals surface area contributed by atoms with E-state index in [1.807, 2.05) is 26.8 Å². The molecule has 0 radical (unpaired) electrons. The standard InChI is InChI=1S/C12H17ClN2O/c1-8(2)7-14-12(16)15-11-5-4-10(13)6-9(11)3/h4-6,8H,7H2,1-3H3,(H2,14,15,16). The van der Waals surface area contributed by atoms with E-state index in [4.69, 9.17) is 11.6 Å². The van der Waals surface area contributed by atoms with Gasteiger partial charge in [-0.05, 0) is 36.6 Å². The molecule has 0 unspecified atom stereocenters. The lowest BCUT2D eigenvalue weighted by molar-refractivity contribution is 0.251. The highest BCUT2D eigenvalue weighted by Crippen LogP contribution is 2.19. The summed E-state index contributed by atoms with van der Waals surface area (Å²) in [4.78, 5) is 11.5. The molecule has 0 fully saturated rings. The molecule has 0 aliphatic carbocycles. The molecule has 0 saturated carbocycles. The van der Waals surface area contributed by atoms with Crippen molar-refractivity contribution >= 4 is 23.3 Å². The average molecular weight is 241 g/mol. The Morgan fingerprint density at radius 2 is 2.12 bits per heavy atom. The van der Waals surface area contributed by atoms with Gasteiger partial charge in [-0.3, -0.25) is 0 Å². The summed E-state index contributed by atoms with van der Waals surface area (Å²) in [5.74, 6) is 0.442. The van der Waals surface area contributed by atoms with Gasteiger partial charge in [-0.1, -0.05) is 25.4 Å². The van der Waals surface area contributed by atoms with Gasteiger partial charge >= 0.3 is 6.03 Å². The predicted octanol–water partition coefficient (Wildman–Crippen LogP) is 3.43. The fourth-order valence-electron chi connectivity index (χ4n) is 1.23. The van der Waals surface area contributed by atoms with Gasteiger partial charge in [0.1, 0.15) is 0 Å². The van der Waals surface area contributed by atoms with E-state index in [0.29, 0.717) is 17.5 Å². The zero-order valence-corrected chi connectivity index (χ0v) is 10.6. The minimum absolute atomic E-state index is 0.181. The number of aryl methyl sites for hydroxylation is 1. The highest BCUT2D eigenvalue weighted by atomic mass is 35.5. The van der Waals surface area contributed by atoms with Crippen molar-refractivity contribution in [1.82, 2.24) is 5.32 Å². The van der Waals surface area contributed by atoms with Gasteiger partial charge in [-0.15, -0.1) is 0 Å². The average Bonchev–Trinajstić information content (AvgIpc) is 2.19. The van der Waals surface area contributed by atoms with Crippen LogP contribution in [0.25, 0.3) is 0 Å². The second-order valence-corrected chi connectivity index (χ2v) is 4.62. The Bertz CT molecular complexity index is 377. The summed E-state index contributed by atoms with van der Waals surface area (Å²) in [5, 5.41) is 6.25. The molecule has 3 nitrogen and oxygen atoms in total. The SMILES string of the molecule is Cc1cc(Cl)ccc1NC(=O)NCC(C)C. The molecule has 0 aliphatic heterocycles. The number of amides is 2. The molecule has 2 N–H and O–H groups in total. The number of nitrogens with one attached hydrogen (secondary N) is 2. The van der Waals surface area contributed by atoms with Crippen molar-refractivity contribution in [2.24, 2.45) is 5.92 Å². The van der Waals surface area contributed by atoms with Gasteiger partial charge in [0.25, 0.3) is 0 Å². The van der Waals surface area contributed by atoms with Gasteiger partial charge in [0.2, 0.25) is 0 Å². The zero-order valence-electron chi connectivity index (χ0n) is 9.80. The minimum Gasteiger partial charge on any atom is -0.338 e. The van der Waals surface area contributed by atoms with Gasteiger partial charge < -0.3 is 10.6 Å². The molecule has 0 bridgehead atoms. The lowest BCUT2D eigenvalue weighted by atomic mass is 10.2. The molecule has 2 amide bonds. The first-order valence-corrected chi connectivity index (χ1v) is 5.68. The maximum atomic E-state index is 11.5. The molecule has 0 aliphatic rings. The summed E-state index contributed by atoms with van der Waals surface area (Å²) in [6.45, 7) is 6.67. The summed E-state index contributed by atoms with van der Waals surface area (Å²) in [7, 11) is 0. The summed E-state index contributed by atoms with van der Waals surface area (Å²) in [5.41, 5.74) is 1.73. The van der Waals surface area contributed by atoms with Gasteiger partial charge in [0, 0.05) is 17.3 Å². The van der Waals surface area contributed by atoms with Crippen molar-refractivity contribution in [2.75, 3.05) is 11.9 Å². The molecule has 4 heteroatoms. The van der Waals surface area contributed by atoms with E-state index in [1.54, 1.807) is 12.1 Å². The second kappa shape index (κ2) is 5.75. The van der Waals surface area contributed by atoms with Crippen LogP contribution in [0.1, 0.15) is 19.4 Å². The van der Waals surface area contributed by atoms with Crippen molar-refractivity contribution in [2.45, 2.75) is 20.8 Å². The Morgan fingerprint density at radius 3 is 2.69 bits per heavy atom. The zero-order chi connectivity index (χ0) is 12.1. The van der Waals surface area contributed by atoms with Crippen LogP contribution in [0.2, 0.25) is 5.02 Å². The Labute approximate surface area is 101 Å². The molecule has 0 atom stereocenters. The first-order chi connectivity index (χ1) is 7.49. The van der Waals surface area contributed by atoms with Crippen LogP contribution < -0.4 is 10.6 Å². The van der Waals surface area contributed by atoms with Crippen molar-refractivity contribution in [1.29, 1.82) is 0 Å². The summed E-state index contributed by atoms with van der Waals surface area (Å²) >= 11 is 5.83. The fraction of sp³-hybridized carbons (Fsp3) is 0.417. The van der Waals surface area contributed by atoms with Crippen LogP contribution >= 0.6 is 11.6 Å². The molecule has 16 heavy (non-hydrogen) atoms. The summed E-state index contributed by atoms with van der Waals surface area (Å²) in [6, 6.07) is 5.19. The number of anilines is 1. The third-order valence-corrected chi connectivity index (χ3v) is 2.34. The molecular formula is C12H17ClN2O. The van der Waals surface area contributed by atoms with Gasteiger partial charge in [0.15, 0.2) is 0 Å². The molecule has 0 spiro atoms. The van der Waals surface area contributed by atoms with Gasteiger partial charge in [0.05, 0.1) is 0 Å². The second-order valence-electron chi connectivity index (χ2n) is 4.19. The lowest BCUT2D eigenvalue weighted by Gasteiger charge is -2.11. The first kappa shape index (κ1) is 12.8. The first-order valence-electron chi connectivity index (χ1n) is 5.30. The third-order valence-electron chi connectivity index (χ3n) is 2.11. The Balaban J connectivity index is 2.56. The molecule has 1 aromatic carbocycles. The number of hydrogen-bond acceptors (Lipinski definition) is 1. The molecule has 0 heterocycles. The van der Waals surface area contributed by atoms with Crippen molar-refractivity contribution in [3.8, 4) is 0 Å². The highest BCUT2D eigenvalue weighted by molar-refractivity contribution is 6.30. The van der Waals surface area contributed by atoms with Crippen LogP contribution in [0.15, 0.2) is 18.2 Å². The van der Waals surface area contributed by atoms with Crippen molar-refractivity contribution < 1.29 is 4.79 Å². The molecule has 0 saturated heterocycles. The smallest absolute Gasteiger partial charge is 0.319 e. The lowest BCUT2D eigenvalue weighted by Crippen LogP contribution is -2.31.